The molecule has 0 fully saturated rings. The smallest absolute Gasteiger partial charge is 0.412 e. The number of halogens is 6. The number of nitrogens with one attached hydrogen (secondary N) is 1. The second-order valence-corrected chi connectivity index (χ2v) is 24.7. The van der Waals surface area contributed by atoms with Gasteiger partial charge >= 0.3 is 12.2 Å². The SMILES string of the molecule is C.CC(=O)c1cccc(C(N)=O)n1.CC(=O)c1cccc(C)n1.CC(=O)c1ccccn1.CI.COC(=O)Nc1cccc(C(C)=O)n1.IC(I)I.ICI.O=C=O. The Kier molecular flexibility index (Phi) is 48.0. The third-order valence-electron chi connectivity index (χ3n) is 5.16. The molecule has 0 atom stereocenters. The van der Waals surface area contributed by atoms with Crippen LogP contribution >= 0.6 is 136 Å². The molecule has 318 valence electrons. The number of nitrogens with two attached hydrogens (primary N) is 1. The van der Waals surface area contributed by atoms with Crippen molar-refractivity contribution in [2.45, 2.75) is 42.0 Å². The molecule has 0 radical (unpaired) electrons. The van der Waals surface area contributed by atoms with Crippen molar-refractivity contribution in [3.8, 4) is 0 Å². The van der Waals surface area contributed by atoms with Crippen LogP contribution in [0, 0.1) is 6.92 Å². The van der Waals surface area contributed by atoms with Crippen LogP contribution in [0.1, 0.15) is 93.3 Å². The van der Waals surface area contributed by atoms with E-state index in [0.717, 1.165) is 5.63 Å². The Morgan fingerprint density at radius 1 is 0.672 bits per heavy atom. The van der Waals surface area contributed by atoms with Gasteiger partial charge in [0.15, 0.2) is 23.1 Å². The number of alkyl halides is 6. The number of hydrogen-bond donors (Lipinski definition) is 2. The first-order valence-electron chi connectivity index (χ1n) is 15.2. The lowest BCUT2D eigenvalue weighted by Crippen LogP contribution is -2.14. The predicted molar refractivity (Wildman–Crippen MR) is 277 cm³/mol. The monoisotopic (exact) mass is 1480 g/mol. The maximum absolute atomic E-state index is 10.9. The number of hydrogen-bond acceptors (Lipinski definition) is 13. The third-order valence-corrected chi connectivity index (χ3v) is 5.16. The van der Waals surface area contributed by atoms with Gasteiger partial charge in [0.1, 0.15) is 34.2 Å². The first kappa shape index (κ1) is 64.9. The zero-order valence-corrected chi connectivity index (χ0v) is 44.5. The largest absolute Gasteiger partial charge is 0.453 e. The van der Waals surface area contributed by atoms with Crippen molar-refractivity contribution in [3.05, 3.63) is 113 Å². The van der Waals surface area contributed by atoms with Crippen LogP contribution in [-0.2, 0) is 14.3 Å². The number of methoxy groups -OCH3 is 1. The Balaban J connectivity index is -0.000000197. The van der Waals surface area contributed by atoms with Crippen molar-refractivity contribution in [1.82, 2.24) is 19.9 Å². The van der Waals surface area contributed by atoms with Crippen molar-refractivity contribution >= 4 is 183 Å². The summed E-state index contributed by atoms with van der Waals surface area (Å²) in [7, 11) is 1.25. The fourth-order valence-electron chi connectivity index (χ4n) is 2.93. The van der Waals surface area contributed by atoms with E-state index in [-0.39, 0.29) is 48.1 Å². The highest BCUT2D eigenvalue weighted by atomic mass is 127. The van der Waals surface area contributed by atoms with E-state index >= 15 is 0 Å². The van der Waals surface area contributed by atoms with E-state index in [9.17, 15) is 28.8 Å². The van der Waals surface area contributed by atoms with Gasteiger partial charge in [0.05, 0.1) is 9.54 Å². The molecular formula is C37H44I6N6O9. The summed E-state index contributed by atoms with van der Waals surface area (Å²) in [6.07, 6.45) is 1.25. The maximum Gasteiger partial charge on any atom is 0.412 e. The number of anilines is 1. The molecule has 0 aromatic carbocycles. The first-order valence-corrected chi connectivity index (χ1v) is 24.1. The molecule has 0 aliphatic rings. The molecule has 4 heterocycles. The Morgan fingerprint density at radius 3 is 1.36 bits per heavy atom. The van der Waals surface area contributed by atoms with Crippen LogP contribution < -0.4 is 11.1 Å². The highest BCUT2D eigenvalue weighted by Gasteiger charge is 2.06. The summed E-state index contributed by atoms with van der Waals surface area (Å²) in [5.41, 5.74) is 7.59. The van der Waals surface area contributed by atoms with Crippen molar-refractivity contribution in [2.24, 2.45) is 5.73 Å². The number of carbonyl (C=O) groups is 6. The second kappa shape index (κ2) is 42.9. The molecule has 0 aliphatic carbocycles. The third kappa shape index (κ3) is 39.3. The minimum atomic E-state index is -0.627. The van der Waals surface area contributed by atoms with Crippen LogP contribution in [0.4, 0.5) is 10.6 Å². The number of ether oxygens (including phenoxy) is 1. The molecule has 3 N–H and O–H groups in total. The van der Waals surface area contributed by atoms with E-state index in [4.69, 9.17) is 15.3 Å². The normalized spacial score (nSPS) is 8.38. The number of pyridine rings is 4. The van der Waals surface area contributed by atoms with Gasteiger partial charge in [-0.1, -0.05) is 167 Å². The van der Waals surface area contributed by atoms with Gasteiger partial charge in [-0.2, -0.15) is 9.59 Å². The van der Waals surface area contributed by atoms with Crippen molar-refractivity contribution in [2.75, 3.05) is 19.8 Å². The first-order chi connectivity index (χ1) is 26.8. The number of rotatable bonds is 6. The summed E-state index contributed by atoms with van der Waals surface area (Å²) in [5.74, 6) is -0.640. The summed E-state index contributed by atoms with van der Waals surface area (Å²) in [6.45, 7) is 7.67. The number of primary amides is 1. The molecule has 0 bridgehead atoms. The quantitative estimate of drug-likeness (QED) is 0.104. The number of aryl methyl sites for hydroxylation is 1. The summed E-state index contributed by atoms with van der Waals surface area (Å²) in [4.78, 5) is 98.2. The minimum absolute atomic E-state index is 0. The molecule has 21 heteroatoms. The van der Waals surface area contributed by atoms with Gasteiger partial charge in [-0.3, -0.25) is 39.3 Å². The van der Waals surface area contributed by atoms with Crippen LogP contribution in [0.25, 0.3) is 0 Å². The molecule has 0 saturated carbocycles. The highest BCUT2D eigenvalue weighted by molar-refractivity contribution is 14.3. The fourth-order valence-corrected chi connectivity index (χ4v) is 2.93. The van der Waals surface area contributed by atoms with E-state index in [1.165, 1.54) is 49.4 Å². The molecule has 4 aromatic rings. The van der Waals surface area contributed by atoms with E-state index in [0.29, 0.717) is 22.9 Å². The van der Waals surface area contributed by atoms with Crippen LogP contribution in [0.3, 0.4) is 0 Å². The van der Waals surface area contributed by atoms with E-state index < -0.39 is 12.0 Å². The van der Waals surface area contributed by atoms with Crippen molar-refractivity contribution < 1.29 is 43.1 Å². The molecule has 4 aromatic heterocycles. The molecule has 0 saturated heterocycles. The Morgan fingerprint density at radius 2 is 1.03 bits per heavy atom. The zero-order valence-electron chi connectivity index (χ0n) is 31.6. The molecule has 0 aliphatic heterocycles. The van der Waals surface area contributed by atoms with Gasteiger partial charge in [0.2, 0.25) is 0 Å². The summed E-state index contributed by atoms with van der Waals surface area (Å²) < 4.78 is 6.31. The van der Waals surface area contributed by atoms with Crippen LogP contribution in [0.15, 0.2) is 79.0 Å². The Labute approximate surface area is 421 Å². The number of amides is 2. The van der Waals surface area contributed by atoms with Crippen molar-refractivity contribution in [3.63, 3.8) is 0 Å². The zero-order chi connectivity index (χ0) is 44.9. The highest BCUT2D eigenvalue weighted by Crippen LogP contribution is 2.16. The summed E-state index contributed by atoms with van der Waals surface area (Å²) in [5, 5.41) is 2.36. The molecule has 0 unspecified atom stereocenters. The van der Waals surface area contributed by atoms with Gasteiger partial charge in [0, 0.05) is 39.6 Å². The molecular weight excluding hydrogens is 1430 g/mol. The molecule has 2 amide bonds. The second-order valence-electron chi connectivity index (χ2n) is 9.33. The maximum atomic E-state index is 10.9. The van der Waals surface area contributed by atoms with E-state index in [1.807, 2.05) is 24.0 Å². The number of carbonyl (C=O) groups excluding carboxylic acids is 8. The number of nitrogens with zero attached hydrogens (tertiary/aromatic N) is 4. The summed E-state index contributed by atoms with van der Waals surface area (Å²) >= 11 is 13.6. The fraction of sp³-hybridized carbons (Fsp3) is 0.270. The topological polar surface area (TPSA) is 235 Å². The van der Waals surface area contributed by atoms with Gasteiger partial charge in [-0.15, -0.1) is 0 Å². The standard InChI is InChI=1S/C9H10N2O3.C8H8N2O2.C8H9NO.C7H7NO.CHI3.CH2I2.CH3I.CO2.CH4/c1-6(12)7-4-3-5-8(10-7)11-9(13)14-2;1-5(11)6-3-2-4-7(10-6)8(9)12;1-6-4-3-5-8(9-6)7(2)10;1-6(9)7-4-2-3-5-8-7;2-1(3)4;2-1-3;1-2;2-1-3;/h3-5H,1-2H3,(H,10,11,13);2-4H,1H3,(H2,9,12);3-5H,1-2H3;2-5H,1H3;1H;1H2;1H3;;1H4. The number of Topliss-reactive ketones (excluding diaryl/α,β-unsaturated/α-hetero) is 4. The van der Waals surface area contributed by atoms with Gasteiger partial charge < -0.3 is 10.5 Å². The van der Waals surface area contributed by atoms with Crippen LogP contribution in [0.2, 0.25) is 0 Å². The predicted octanol–water partition coefficient (Wildman–Crippen LogP) is 10.2. The molecule has 4 rings (SSSR count). The van der Waals surface area contributed by atoms with E-state index in [2.05, 4.69) is 166 Å². The number of ketones is 4. The average Bonchev–Trinajstić information content (AvgIpc) is 3.17. The van der Waals surface area contributed by atoms with E-state index in [1.54, 1.807) is 54.7 Å². The Bertz CT molecular complexity index is 1800. The molecule has 15 nitrogen and oxygen atoms in total. The van der Waals surface area contributed by atoms with Gasteiger partial charge in [-0.05, 0) is 60.4 Å². The van der Waals surface area contributed by atoms with Gasteiger partial charge in [-0.25, -0.2) is 14.8 Å². The molecule has 0 spiro atoms. The summed E-state index contributed by atoms with van der Waals surface area (Å²) in [6, 6.07) is 20.1. The van der Waals surface area contributed by atoms with Gasteiger partial charge in [0.25, 0.3) is 5.91 Å². The lowest BCUT2D eigenvalue weighted by Gasteiger charge is -2.03. The lowest BCUT2D eigenvalue weighted by atomic mass is 10.2. The Hall–Kier alpha value is -2.22. The lowest BCUT2D eigenvalue weighted by molar-refractivity contribution is -0.191. The number of aromatic nitrogens is 4. The minimum Gasteiger partial charge on any atom is -0.453 e. The molecule has 58 heavy (non-hydrogen) atoms. The van der Waals surface area contributed by atoms with Crippen molar-refractivity contribution in [1.29, 1.82) is 0 Å². The average molecular weight is 1480 g/mol. The van der Waals surface area contributed by atoms with Crippen LogP contribution in [0.5, 0.6) is 0 Å². The van der Waals surface area contributed by atoms with Crippen LogP contribution in [-0.4, -0.2) is 75.6 Å².